The summed E-state index contributed by atoms with van der Waals surface area (Å²) in [6.45, 7) is 4.09. The average Bonchev–Trinajstić information content (AvgIpc) is 3.19. The quantitative estimate of drug-likeness (QED) is 0.741. The van der Waals surface area contributed by atoms with Gasteiger partial charge in [-0.25, -0.2) is 0 Å². The lowest BCUT2D eigenvalue weighted by atomic mass is 10.0. The molecule has 26 heavy (non-hydrogen) atoms. The van der Waals surface area contributed by atoms with E-state index in [1.54, 1.807) is 0 Å². The zero-order chi connectivity index (χ0) is 17.9. The van der Waals surface area contributed by atoms with E-state index in [-0.39, 0.29) is 0 Å². The van der Waals surface area contributed by atoms with Crippen LogP contribution in [-0.2, 0) is 13.1 Å². The summed E-state index contributed by atoms with van der Waals surface area (Å²) in [5.41, 5.74) is 3.82. The topological polar surface area (TPSA) is 27.9 Å². The number of anilines is 1. The predicted octanol–water partition coefficient (Wildman–Crippen LogP) is 3.36. The number of phenols is 1. The SMILES string of the molecule is C[NH+](Cc1ccccc1N1CCCC1)Cc1c(O)ccc2ccccc12. The first-order chi connectivity index (χ1) is 12.7. The highest BCUT2D eigenvalue weighted by molar-refractivity contribution is 5.87. The Morgan fingerprint density at radius 1 is 0.885 bits per heavy atom. The molecule has 0 radical (unpaired) electrons. The molecule has 0 spiro atoms. The highest BCUT2D eigenvalue weighted by Crippen LogP contribution is 2.27. The summed E-state index contributed by atoms with van der Waals surface area (Å²) in [6.07, 6.45) is 2.59. The first-order valence-electron chi connectivity index (χ1n) is 9.56. The maximum Gasteiger partial charge on any atom is 0.125 e. The minimum atomic E-state index is 0.399. The zero-order valence-electron chi connectivity index (χ0n) is 15.4. The van der Waals surface area contributed by atoms with Crippen molar-refractivity contribution in [3.05, 3.63) is 71.8 Å². The minimum absolute atomic E-state index is 0.399. The second-order valence-electron chi connectivity index (χ2n) is 7.42. The number of hydrogen-bond donors (Lipinski definition) is 2. The molecule has 3 aromatic carbocycles. The number of nitrogens with one attached hydrogen (secondary N) is 1. The van der Waals surface area contributed by atoms with Crippen LogP contribution in [0.15, 0.2) is 60.7 Å². The second-order valence-corrected chi connectivity index (χ2v) is 7.42. The van der Waals surface area contributed by atoms with Crippen molar-refractivity contribution in [3.8, 4) is 5.75 Å². The number of phenolic OH excluding ortho intramolecular Hbond substituents is 1. The monoisotopic (exact) mass is 347 g/mol. The van der Waals surface area contributed by atoms with E-state index in [9.17, 15) is 5.11 Å². The molecule has 1 aliphatic rings. The van der Waals surface area contributed by atoms with E-state index in [1.165, 1.54) is 47.5 Å². The van der Waals surface area contributed by atoms with Gasteiger partial charge in [0.15, 0.2) is 0 Å². The van der Waals surface area contributed by atoms with Crippen molar-refractivity contribution in [1.29, 1.82) is 0 Å². The van der Waals surface area contributed by atoms with Gasteiger partial charge in [-0.1, -0.05) is 48.5 Å². The Balaban J connectivity index is 1.57. The van der Waals surface area contributed by atoms with Crippen LogP contribution in [0.25, 0.3) is 10.8 Å². The second kappa shape index (κ2) is 7.38. The van der Waals surface area contributed by atoms with Crippen molar-refractivity contribution in [1.82, 2.24) is 0 Å². The smallest absolute Gasteiger partial charge is 0.125 e. The number of nitrogens with zero attached hydrogens (tertiary/aromatic N) is 1. The van der Waals surface area contributed by atoms with Crippen LogP contribution in [0.5, 0.6) is 5.75 Å². The Kier molecular flexibility index (Phi) is 4.81. The average molecular weight is 347 g/mol. The van der Waals surface area contributed by atoms with Crippen LogP contribution in [0.2, 0.25) is 0 Å². The molecular formula is C23H27N2O+. The van der Waals surface area contributed by atoms with Crippen LogP contribution in [0.1, 0.15) is 24.0 Å². The number of rotatable bonds is 5. The van der Waals surface area contributed by atoms with E-state index in [4.69, 9.17) is 0 Å². The van der Waals surface area contributed by atoms with Crippen LogP contribution >= 0.6 is 0 Å². The van der Waals surface area contributed by atoms with Gasteiger partial charge in [0, 0.05) is 24.3 Å². The lowest BCUT2D eigenvalue weighted by molar-refractivity contribution is -0.907. The minimum Gasteiger partial charge on any atom is -0.507 e. The fraction of sp³-hybridized carbons (Fsp3) is 0.304. The molecule has 3 heteroatoms. The van der Waals surface area contributed by atoms with Crippen LogP contribution in [0, 0.1) is 0 Å². The van der Waals surface area contributed by atoms with E-state index in [2.05, 4.69) is 48.3 Å². The molecular weight excluding hydrogens is 320 g/mol. The van der Waals surface area contributed by atoms with E-state index < -0.39 is 0 Å². The van der Waals surface area contributed by atoms with Gasteiger partial charge in [-0.05, 0) is 35.7 Å². The molecule has 0 aromatic heterocycles. The lowest BCUT2D eigenvalue weighted by Crippen LogP contribution is -3.06. The normalized spacial score (nSPS) is 15.5. The fourth-order valence-electron chi connectivity index (χ4n) is 4.13. The summed E-state index contributed by atoms with van der Waals surface area (Å²) in [5.74, 6) is 0.399. The molecule has 4 rings (SSSR count). The standard InChI is InChI=1S/C23H26N2O/c1-24(16-19-9-3-5-11-22(19)25-14-6-7-15-25)17-21-20-10-4-2-8-18(20)12-13-23(21)26/h2-5,8-13,26H,6-7,14-17H2,1H3/p+1. The summed E-state index contributed by atoms with van der Waals surface area (Å²) in [4.78, 5) is 3.89. The van der Waals surface area contributed by atoms with E-state index in [0.29, 0.717) is 5.75 Å². The van der Waals surface area contributed by atoms with Crippen molar-refractivity contribution < 1.29 is 10.0 Å². The van der Waals surface area contributed by atoms with Crippen LogP contribution in [-0.4, -0.2) is 25.2 Å². The first kappa shape index (κ1) is 16.9. The van der Waals surface area contributed by atoms with Crippen molar-refractivity contribution >= 4 is 16.5 Å². The third kappa shape index (κ3) is 3.40. The molecule has 1 aliphatic heterocycles. The Morgan fingerprint density at radius 2 is 1.62 bits per heavy atom. The molecule has 1 atom stereocenters. The molecule has 0 aliphatic carbocycles. The largest absolute Gasteiger partial charge is 0.507 e. The Labute approximate surface area is 155 Å². The summed E-state index contributed by atoms with van der Waals surface area (Å²) in [6, 6.07) is 20.9. The third-order valence-electron chi connectivity index (χ3n) is 5.43. The molecule has 0 amide bonds. The van der Waals surface area contributed by atoms with E-state index >= 15 is 0 Å². The first-order valence-corrected chi connectivity index (χ1v) is 9.56. The number of para-hydroxylation sites is 1. The highest BCUT2D eigenvalue weighted by atomic mass is 16.3. The molecule has 1 fully saturated rings. The van der Waals surface area contributed by atoms with Crippen LogP contribution < -0.4 is 9.80 Å². The van der Waals surface area contributed by atoms with Gasteiger partial charge < -0.3 is 14.9 Å². The number of quaternary nitrogens is 1. The third-order valence-corrected chi connectivity index (χ3v) is 5.43. The van der Waals surface area contributed by atoms with Crippen molar-refractivity contribution in [2.45, 2.75) is 25.9 Å². The number of benzene rings is 3. The Morgan fingerprint density at radius 3 is 2.46 bits per heavy atom. The van der Waals surface area contributed by atoms with E-state index in [1.807, 2.05) is 24.3 Å². The molecule has 3 aromatic rings. The maximum atomic E-state index is 10.4. The van der Waals surface area contributed by atoms with Gasteiger partial charge in [0.1, 0.15) is 18.8 Å². The maximum absolute atomic E-state index is 10.4. The lowest BCUT2D eigenvalue weighted by Gasteiger charge is -2.23. The highest BCUT2D eigenvalue weighted by Gasteiger charge is 2.18. The summed E-state index contributed by atoms with van der Waals surface area (Å²) >= 11 is 0. The molecule has 0 saturated carbocycles. The van der Waals surface area contributed by atoms with Crippen molar-refractivity contribution in [2.75, 3.05) is 25.0 Å². The fourth-order valence-corrected chi connectivity index (χ4v) is 4.13. The molecule has 134 valence electrons. The summed E-state index contributed by atoms with van der Waals surface area (Å²) in [5, 5.41) is 12.8. The molecule has 1 heterocycles. The van der Waals surface area contributed by atoms with Gasteiger partial charge >= 0.3 is 0 Å². The van der Waals surface area contributed by atoms with Gasteiger partial charge in [-0.3, -0.25) is 0 Å². The summed E-state index contributed by atoms with van der Waals surface area (Å²) < 4.78 is 0. The number of aromatic hydroxyl groups is 1. The van der Waals surface area contributed by atoms with Gasteiger partial charge in [-0.2, -0.15) is 0 Å². The molecule has 1 saturated heterocycles. The predicted molar refractivity (Wildman–Crippen MR) is 108 cm³/mol. The molecule has 0 bridgehead atoms. The summed E-state index contributed by atoms with van der Waals surface area (Å²) in [7, 11) is 2.21. The van der Waals surface area contributed by atoms with Gasteiger partial charge in [0.05, 0.1) is 12.6 Å². The van der Waals surface area contributed by atoms with Crippen molar-refractivity contribution in [2.24, 2.45) is 0 Å². The molecule has 2 N–H and O–H groups in total. The number of fused-ring (bicyclic) bond motifs is 1. The Bertz CT molecular complexity index is 900. The van der Waals surface area contributed by atoms with Crippen LogP contribution in [0.4, 0.5) is 5.69 Å². The zero-order valence-corrected chi connectivity index (χ0v) is 15.4. The molecule has 1 unspecified atom stereocenters. The van der Waals surface area contributed by atoms with Gasteiger partial charge in [-0.15, -0.1) is 0 Å². The van der Waals surface area contributed by atoms with Gasteiger partial charge in [0.25, 0.3) is 0 Å². The number of hydrogen-bond acceptors (Lipinski definition) is 2. The Hall–Kier alpha value is -2.52. The molecule has 3 nitrogen and oxygen atoms in total. The van der Waals surface area contributed by atoms with E-state index in [0.717, 1.165) is 24.0 Å². The van der Waals surface area contributed by atoms with Crippen molar-refractivity contribution in [3.63, 3.8) is 0 Å². The van der Waals surface area contributed by atoms with Crippen LogP contribution in [0.3, 0.4) is 0 Å². The van der Waals surface area contributed by atoms with Gasteiger partial charge in [0.2, 0.25) is 0 Å².